The summed E-state index contributed by atoms with van der Waals surface area (Å²) in [4.78, 5) is 16.2. The van der Waals surface area contributed by atoms with Gasteiger partial charge in [0.05, 0.1) is 23.9 Å². The minimum absolute atomic E-state index is 0.102. The van der Waals surface area contributed by atoms with Gasteiger partial charge in [0.2, 0.25) is 0 Å². The maximum Gasteiger partial charge on any atom is 0.267 e. The van der Waals surface area contributed by atoms with Gasteiger partial charge in [0.1, 0.15) is 5.76 Å². The Labute approximate surface area is 171 Å². The molecule has 0 radical (unpaired) electrons. The van der Waals surface area contributed by atoms with Crippen LogP contribution in [0.2, 0.25) is 0 Å². The molecule has 3 heterocycles. The summed E-state index contributed by atoms with van der Waals surface area (Å²) in [6, 6.07) is 15.5. The van der Waals surface area contributed by atoms with Gasteiger partial charge in [-0.25, -0.2) is 0 Å². The van der Waals surface area contributed by atoms with Gasteiger partial charge in [0.15, 0.2) is 5.17 Å². The Morgan fingerprint density at radius 2 is 2.04 bits per heavy atom. The Balaban J connectivity index is 1.64. The maximum absolute atomic E-state index is 13.0. The first kappa shape index (κ1) is 18.5. The van der Waals surface area contributed by atoms with E-state index in [-0.39, 0.29) is 5.91 Å². The molecule has 2 aromatic heterocycles. The molecule has 0 atom stereocenters. The van der Waals surface area contributed by atoms with Crippen LogP contribution in [-0.2, 0) is 11.3 Å². The average Bonchev–Trinajstić information content (AvgIpc) is 3.44. The van der Waals surface area contributed by atoms with Crippen LogP contribution in [0.5, 0.6) is 0 Å². The lowest BCUT2D eigenvalue weighted by Crippen LogP contribution is -2.28. The predicted molar refractivity (Wildman–Crippen MR) is 115 cm³/mol. The standard InChI is InChI=1S/C21H17N3O2S2/c1-15-6-2-3-7-16(15)12-19-20(25)24(14-17-8-4-10-26-17)21(28-19)23-22-13-18-9-5-11-27-18/h2-13H,14H2,1H3/b19-12-,22-13+,23-21-. The number of nitrogens with zero attached hydrogens (tertiary/aromatic N) is 3. The van der Waals surface area contributed by atoms with E-state index in [1.807, 2.05) is 60.8 Å². The molecule has 5 nitrogen and oxygen atoms in total. The Morgan fingerprint density at radius 1 is 1.14 bits per heavy atom. The number of amidine groups is 1. The van der Waals surface area contributed by atoms with Gasteiger partial charge in [-0.05, 0) is 59.5 Å². The highest BCUT2D eigenvalue weighted by molar-refractivity contribution is 8.18. The number of carbonyl (C=O) groups is 1. The molecule has 0 bridgehead atoms. The maximum atomic E-state index is 13.0. The summed E-state index contributed by atoms with van der Waals surface area (Å²) in [5, 5.41) is 11.0. The van der Waals surface area contributed by atoms with Crippen molar-refractivity contribution in [1.82, 2.24) is 4.90 Å². The second kappa shape index (κ2) is 8.41. The van der Waals surface area contributed by atoms with Crippen molar-refractivity contribution in [2.45, 2.75) is 13.5 Å². The van der Waals surface area contributed by atoms with Crippen LogP contribution >= 0.6 is 23.1 Å². The van der Waals surface area contributed by atoms with Crippen LogP contribution in [0.25, 0.3) is 6.08 Å². The van der Waals surface area contributed by atoms with E-state index in [1.54, 1.807) is 34.8 Å². The van der Waals surface area contributed by atoms with Crippen LogP contribution in [-0.4, -0.2) is 22.2 Å². The first-order chi connectivity index (χ1) is 13.7. The Hall–Kier alpha value is -2.90. The fourth-order valence-electron chi connectivity index (χ4n) is 2.67. The van der Waals surface area contributed by atoms with Crippen LogP contribution in [0.1, 0.15) is 21.8 Å². The van der Waals surface area contributed by atoms with E-state index in [0.717, 1.165) is 16.0 Å². The molecule has 1 aliphatic rings. The molecule has 0 aliphatic carbocycles. The van der Waals surface area contributed by atoms with Gasteiger partial charge in [0.25, 0.3) is 5.91 Å². The molecule has 1 aliphatic heterocycles. The SMILES string of the molecule is Cc1ccccc1/C=C1\S/C(=N\N=C\c2cccs2)N(Cc2ccco2)C1=O. The molecule has 4 rings (SSSR count). The van der Waals surface area contributed by atoms with Crippen molar-refractivity contribution in [2.75, 3.05) is 0 Å². The van der Waals surface area contributed by atoms with Crippen molar-refractivity contribution in [3.8, 4) is 0 Å². The van der Waals surface area contributed by atoms with Crippen LogP contribution in [0.3, 0.4) is 0 Å². The number of benzene rings is 1. The van der Waals surface area contributed by atoms with Crippen LogP contribution in [0, 0.1) is 6.92 Å². The molecule has 28 heavy (non-hydrogen) atoms. The third-order valence-corrected chi connectivity index (χ3v) is 5.93. The number of hydrogen-bond donors (Lipinski definition) is 0. The molecule has 140 valence electrons. The van der Waals surface area contributed by atoms with Gasteiger partial charge in [0, 0.05) is 4.88 Å². The first-order valence-electron chi connectivity index (χ1n) is 8.64. The molecule has 3 aromatic rings. The monoisotopic (exact) mass is 407 g/mol. The normalized spacial score (nSPS) is 17.5. The van der Waals surface area contributed by atoms with Crippen LogP contribution in [0.4, 0.5) is 0 Å². The summed E-state index contributed by atoms with van der Waals surface area (Å²) in [7, 11) is 0. The molecule has 0 N–H and O–H groups in total. The van der Waals surface area contributed by atoms with Crippen molar-refractivity contribution < 1.29 is 9.21 Å². The minimum Gasteiger partial charge on any atom is -0.467 e. The lowest BCUT2D eigenvalue weighted by molar-refractivity contribution is -0.122. The molecule has 1 saturated heterocycles. The number of thioether (sulfide) groups is 1. The van der Waals surface area contributed by atoms with E-state index >= 15 is 0 Å². The van der Waals surface area contributed by atoms with E-state index in [9.17, 15) is 4.79 Å². The second-order valence-electron chi connectivity index (χ2n) is 6.08. The third kappa shape index (κ3) is 4.16. The van der Waals surface area contributed by atoms with Crippen molar-refractivity contribution in [2.24, 2.45) is 10.2 Å². The van der Waals surface area contributed by atoms with Crippen LogP contribution < -0.4 is 0 Å². The molecule has 0 spiro atoms. The molecule has 1 amide bonds. The topological polar surface area (TPSA) is 58.2 Å². The zero-order valence-electron chi connectivity index (χ0n) is 15.1. The third-order valence-electron chi connectivity index (χ3n) is 4.13. The average molecular weight is 408 g/mol. The number of amides is 1. The van der Waals surface area contributed by atoms with Crippen molar-refractivity contribution in [3.05, 3.63) is 86.8 Å². The van der Waals surface area contributed by atoms with E-state index in [2.05, 4.69) is 10.2 Å². The predicted octanol–water partition coefficient (Wildman–Crippen LogP) is 5.16. The summed E-state index contributed by atoms with van der Waals surface area (Å²) >= 11 is 2.91. The number of aryl methyl sites for hydroxylation is 1. The lowest BCUT2D eigenvalue weighted by Gasteiger charge is -2.12. The van der Waals surface area contributed by atoms with Gasteiger partial charge < -0.3 is 4.42 Å². The highest BCUT2D eigenvalue weighted by Crippen LogP contribution is 2.34. The number of rotatable bonds is 5. The van der Waals surface area contributed by atoms with E-state index < -0.39 is 0 Å². The summed E-state index contributed by atoms with van der Waals surface area (Å²) in [6.07, 6.45) is 5.19. The largest absolute Gasteiger partial charge is 0.467 e. The van der Waals surface area contributed by atoms with Gasteiger partial charge in [-0.1, -0.05) is 30.3 Å². The second-order valence-corrected chi connectivity index (χ2v) is 8.07. The molecular weight excluding hydrogens is 390 g/mol. The quantitative estimate of drug-likeness (QED) is 0.334. The first-order valence-corrected chi connectivity index (χ1v) is 10.3. The zero-order chi connectivity index (χ0) is 19.3. The Kier molecular flexibility index (Phi) is 5.55. The Morgan fingerprint density at radius 3 is 2.79 bits per heavy atom. The zero-order valence-corrected chi connectivity index (χ0v) is 16.7. The number of carbonyl (C=O) groups excluding carboxylic acids is 1. The fraction of sp³-hybridized carbons (Fsp3) is 0.0952. The smallest absolute Gasteiger partial charge is 0.267 e. The highest BCUT2D eigenvalue weighted by atomic mass is 32.2. The van der Waals surface area contributed by atoms with Crippen molar-refractivity contribution in [1.29, 1.82) is 0 Å². The van der Waals surface area contributed by atoms with Gasteiger partial charge >= 0.3 is 0 Å². The fourth-order valence-corrected chi connectivity index (χ4v) is 4.18. The van der Waals surface area contributed by atoms with E-state index in [4.69, 9.17) is 4.42 Å². The molecule has 7 heteroatoms. The molecule has 0 saturated carbocycles. The molecule has 0 unspecified atom stereocenters. The summed E-state index contributed by atoms with van der Waals surface area (Å²) in [5.74, 6) is 0.593. The summed E-state index contributed by atoms with van der Waals surface area (Å²) in [5.41, 5.74) is 2.13. The van der Waals surface area contributed by atoms with Crippen molar-refractivity contribution >= 4 is 46.5 Å². The summed E-state index contributed by atoms with van der Waals surface area (Å²) < 4.78 is 5.41. The lowest BCUT2D eigenvalue weighted by atomic mass is 10.1. The summed E-state index contributed by atoms with van der Waals surface area (Å²) in [6.45, 7) is 2.34. The molecule has 1 fully saturated rings. The van der Waals surface area contributed by atoms with Gasteiger partial charge in [-0.2, -0.15) is 5.10 Å². The van der Waals surface area contributed by atoms with Gasteiger partial charge in [-0.3, -0.25) is 9.69 Å². The number of thiophene rings is 1. The van der Waals surface area contributed by atoms with E-state index in [1.165, 1.54) is 11.8 Å². The van der Waals surface area contributed by atoms with Crippen LogP contribution in [0.15, 0.2) is 79.7 Å². The number of furan rings is 1. The minimum atomic E-state index is -0.102. The molecular formula is C21H17N3O2S2. The highest BCUT2D eigenvalue weighted by Gasteiger charge is 2.34. The van der Waals surface area contributed by atoms with Gasteiger partial charge in [-0.15, -0.1) is 16.4 Å². The molecule has 1 aromatic carbocycles. The Bertz CT molecular complexity index is 1050. The van der Waals surface area contributed by atoms with Crippen molar-refractivity contribution in [3.63, 3.8) is 0 Å². The number of hydrogen-bond acceptors (Lipinski definition) is 6. The van der Waals surface area contributed by atoms with E-state index in [0.29, 0.717) is 22.4 Å².